The van der Waals surface area contributed by atoms with E-state index in [1.807, 2.05) is 11.8 Å². The maximum absolute atomic E-state index is 9.06. The fraction of sp³-hybridized carbons (Fsp3) is 0.533. The van der Waals surface area contributed by atoms with Crippen LogP contribution < -0.4 is 5.32 Å². The molecule has 0 heterocycles. The van der Waals surface area contributed by atoms with Crippen molar-refractivity contribution < 1.29 is 0 Å². The normalized spacial score (nSPS) is 16.3. The van der Waals surface area contributed by atoms with Gasteiger partial charge in [0, 0.05) is 16.7 Å². The molecular formula is C15H20N2S. The summed E-state index contributed by atoms with van der Waals surface area (Å²) in [6.07, 6.45) is 3.40. The Hall–Kier alpha value is -0.980. The van der Waals surface area contributed by atoms with Crippen LogP contribution in [-0.4, -0.2) is 17.8 Å². The largest absolute Gasteiger partial charge is 0.299 e. The van der Waals surface area contributed by atoms with E-state index < -0.39 is 0 Å². The summed E-state index contributed by atoms with van der Waals surface area (Å²) in [4.78, 5) is 1.31. The number of benzene rings is 1. The summed E-state index contributed by atoms with van der Waals surface area (Å²) in [5.74, 6) is 1.00. The predicted octanol–water partition coefficient (Wildman–Crippen LogP) is 3.43. The number of rotatable bonds is 6. The molecule has 0 spiro atoms. The van der Waals surface area contributed by atoms with Gasteiger partial charge in [0.1, 0.15) is 0 Å². The highest BCUT2D eigenvalue weighted by Crippen LogP contribution is 2.23. The van der Waals surface area contributed by atoms with Crippen molar-refractivity contribution in [1.82, 2.24) is 5.32 Å². The number of hydrogen-bond acceptors (Lipinski definition) is 3. The Morgan fingerprint density at radius 1 is 1.39 bits per heavy atom. The first-order valence-electron chi connectivity index (χ1n) is 6.55. The SMILES string of the molecule is Cc1ccc(SCCC(C#N)NC2CC2)cc1C. The minimum atomic E-state index is 0.0246. The number of aryl methyl sites for hydroxylation is 2. The van der Waals surface area contributed by atoms with Gasteiger partial charge < -0.3 is 0 Å². The fourth-order valence-corrected chi connectivity index (χ4v) is 2.83. The highest BCUT2D eigenvalue weighted by molar-refractivity contribution is 7.99. The summed E-state index contributed by atoms with van der Waals surface area (Å²) < 4.78 is 0. The van der Waals surface area contributed by atoms with Crippen molar-refractivity contribution in [2.24, 2.45) is 0 Å². The Morgan fingerprint density at radius 2 is 2.17 bits per heavy atom. The van der Waals surface area contributed by atoms with E-state index in [2.05, 4.69) is 43.4 Å². The highest BCUT2D eigenvalue weighted by Gasteiger charge is 2.24. The number of thioether (sulfide) groups is 1. The lowest BCUT2D eigenvalue weighted by Crippen LogP contribution is -2.29. The van der Waals surface area contributed by atoms with Crippen LogP contribution in [0.1, 0.15) is 30.4 Å². The third-order valence-corrected chi connectivity index (χ3v) is 4.35. The van der Waals surface area contributed by atoms with Gasteiger partial charge in [-0.05, 0) is 56.4 Å². The quantitative estimate of drug-likeness (QED) is 0.796. The molecule has 0 aromatic heterocycles. The molecule has 0 radical (unpaired) electrons. The van der Waals surface area contributed by atoms with Crippen LogP contribution >= 0.6 is 11.8 Å². The molecule has 2 nitrogen and oxygen atoms in total. The zero-order valence-electron chi connectivity index (χ0n) is 11.1. The summed E-state index contributed by atoms with van der Waals surface area (Å²) in [5.41, 5.74) is 2.68. The van der Waals surface area contributed by atoms with E-state index in [9.17, 15) is 0 Å². The summed E-state index contributed by atoms with van der Waals surface area (Å²) in [7, 11) is 0. The van der Waals surface area contributed by atoms with Crippen molar-refractivity contribution in [2.75, 3.05) is 5.75 Å². The second kappa shape index (κ2) is 6.26. The van der Waals surface area contributed by atoms with E-state index in [4.69, 9.17) is 5.26 Å². The number of nitrogens with zero attached hydrogens (tertiary/aromatic N) is 1. The molecule has 3 heteroatoms. The van der Waals surface area contributed by atoms with Gasteiger partial charge >= 0.3 is 0 Å². The average Bonchev–Trinajstić information content (AvgIpc) is 3.16. The van der Waals surface area contributed by atoms with Gasteiger partial charge in [-0.3, -0.25) is 5.32 Å². The van der Waals surface area contributed by atoms with Gasteiger partial charge in [0.15, 0.2) is 0 Å². The standard InChI is InChI=1S/C15H20N2S/c1-11-3-6-15(9-12(11)2)18-8-7-14(10-16)17-13-4-5-13/h3,6,9,13-14,17H,4-5,7-8H2,1-2H3. The monoisotopic (exact) mass is 260 g/mol. The first-order chi connectivity index (χ1) is 8.69. The van der Waals surface area contributed by atoms with Crippen LogP contribution in [0.2, 0.25) is 0 Å². The van der Waals surface area contributed by atoms with E-state index >= 15 is 0 Å². The van der Waals surface area contributed by atoms with Crippen LogP contribution in [0, 0.1) is 25.2 Å². The van der Waals surface area contributed by atoms with Gasteiger partial charge in [0.2, 0.25) is 0 Å². The molecule has 1 N–H and O–H groups in total. The topological polar surface area (TPSA) is 35.8 Å². The van der Waals surface area contributed by atoms with Crippen LogP contribution in [0.5, 0.6) is 0 Å². The molecule has 0 amide bonds. The zero-order valence-corrected chi connectivity index (χ0v) is 11.9. The van der Waals surface area contributed by atoms with E-state index in [-0.39, 0.29) is 6.04 Å². The molecule has 1 saturated carbocycles. The lowest BCUT2D eigenvalue weighted by Gasteiger charge is -2.10. The molecule has 1 unspecified atom stereocenters. The Kier molecular flexibility index (Phi) is 4.68. The van der Waals surface area contributed by atoms with Gasteiger partial charge in [-0.25, -0.2) is 0 Å². The molecular weight excluding hydrogens is 240 g/mol. The van der Waals surface area contributed by atoms with E-state index in [0.717, 1.165) is 12.2 Å². The second-order valence-electron chi connectivity index (χ2n) is 5.01. The molecule has 1 aromatic carbocycles. The van der Waals surface area contributed by atoms with Crippen molar-refractivity contribution in [2.45, 2.75) is 50.1 Å². The fourth-order valence-electron chi connectivity index (χ4n) is 1.82. The zero-order chi connectivity index (χ0) is 13.0. The predicted molar refractivity (Wildman–Crippen MR) is 76.8 cm³/mol. The first kappa shape index (κ1) is 13.5. The van der Waals surface area contributed by atoms with Crippen LogP contribution in [-0.2, 0) is 0 Å². The van der Waals surface area contributed by atoms with Gasteiger partial charge in [0.05, 0.1) is 12.1 Å². The minimum Gasteiger partial charge on any atom is -0.299 e. The van der Waals surface area contributed by atoms with Crippen molar-refractivity contribution >= 4 is 11.8 Å². The Labute approximate surface area is 114 Å². The molecule has 0 aliphatic heterocycles. The lowest BCUT2D eigenvalue weighted by atomic mass is 10.1. The molecule has 1 aliphatic carbocycles. The van der Waals surface area contributed by atoms with E-state index in [0.29, 0.717) is 6.04 Å². The minimum absolute atomic E-state index is 0.0246. The van der Waals surface area contributed by atoms with Crippen LogP contribution in [0.25, 0.3) is 0 Å². The molecule has 2 rings (SSSR count). The molecule has 1 atom stereocenters. The third kappa shape index (κ3) is 4.04. The molecule has 96 valence electrons. The smallest absolute Gasteiger partial charge is 0.0963 e. The molecule has 1 fully saturated rings. The maximum Gasteiger partial charge on any atom is 0.0963 e. The summed E-state index contributed by atoms with van der Waals surface area (Å²) >= 11 is 1.84. The van der Waals surface area contributed by atoms with Gasteiger partial charge in [-0.15, -0.1) is 11.8 Å². The van der Waals surface area contributed by atoms with Gasteiger partial charge in [0.25, 0.3) is 0 Å². The summed E-state index contributed by atoms with van der Waals surface area (Å²) in [5, 5.41) is 12.4. The van der Waals surface area contributed by atoms with Gasteiger partial charge in [-0.1, -0.05) is 6.07 Å². The van der Waals surface area contributed by atoms with Crippen molar-refractivity contribution in [3.8, 4) is 6.07 Å². The molecule has 1 aromatic rings. The highest BCUT2D eigenvalue weighted by atomic mass is 32.2. The third-order valence-electron chi connectivity index (χ3n) is 3.32. The Balaban J connectivity index is 1.76. The van der Waals surface area contributed by atoms with Crippen molar-refractivity contribution in [1.29, 1.82) is 5.26 Å². The molecule has 18 heavy (non-hydrogen) atoms. The lowest BCUT2D eigenvalue weighted by molar-refractivity contribution is 0.587. The van der Waals surface area contributed by atoms with Crippen molar-refractivity contribution in [3.05, 3.63) is 29.3 Å². The number of hydrogen-bond donors (Lipinski definition) is 1. The van der Waals surface area contributed by atoms with Crippen LogP contribution in [0.4, 0.5) is 0 Å². The van der Waals surface area contributed by atoms with Crippen LogP contribution in [0.15, 0.2) is 23.1 Å². The molecule has 1 aliphatic rings. The maximum atomic E-state index is 9.06. The number of nitrogens with one attached hydrogen (secondary N) is 1. The van der Waals surface area contributed by atoms with Crippen LogP contribution in [0.3, 0.4) is 0 Å². The van der Waals surface area contributed by atoms with E-state index in [1.54, 1.807) is 0 Å². The van der Waals surface area contributed by atoms with Gasteiger partial charge in [-0.2, -0.15) is 5.26 Å². The molecule has 0 saturated heterocycles. The average molecular weight is 260 g/mol. The van der Waals surface area contributed by atoms with E-state index in [1.165, 1.54) is 28.9 Å². The van der Waals surface area contributed by atoms with Crippen molar-refractivity contribution in [3.63, 3.8) is 0 Å². The second-order valence-corrected chi connectivity index (χ2v) is 6.17. The summed E-state index contributed by atoms with van der Waals surface area (Å²) in [6.45, 7) is 4.28. The first-order valence-corrected chi connectivity index (χ1v) is 7.53. The number of nitriles is 1. The Bertz CT molecular complexity index is 446. The summed E-state index contributed by atoms with van der Waals surface area (Å²) in [6, 6.07) is 9.56. The Morgan fingerprint density at radius 3 is 2.78 bits per heavy atom. The molecule has 0 bridgehead atoms.